The molecule has 1 aromatic heterocycles. The minimum Gasteiger partial charge on any atom is -0.378 e. The van der Waals surface area contributed by atoms with Crippen molar-refractivity contribution in [2.24, 2.45) is 0 Å². The van der Waals surface area contributed by atoms with Crippen molar-refractivity contribution in [3.05, 3.63) is 41.9 Å². The number of morpholine rings is 1. The molecule has 0 spiro atoms. The van der Waals surface area contributed by atoms with Crippen LogP contribution in [0.15, 0.2) is 30.3 Å². The Morgan fingerprint density at radius 1 is 1.04 bits per heavy atom. The third-order valence-corrected chi connectivity index (χ3v) is 3.86. The molecule has 0 aliphatic carbocycles. The highest BCUT2D eigenvalue weighted by Crippen LogP contribution is 2.17. The van der Waals surface area contributed by atoms with E-state index in [1.807, 2.05) is 0 Å². The number of hydrogen-bond acceptors (Lipinski definition) is 6. The van der Waals surface area contributed by atoms with Crippen LogP contribution < -0.4 is 15.5 Å². The predicted molar refractivity (Wildman–Crippen MR) is 98.5 cm³/mol. The Morgan fingerprint density at radius 3 is 2.27 bits per heavy atom. The molecule has 136 valence electrons. The normalized spacial score (nSPS) is 14.0. The van der Waals surface area contributed by atoms with Gasteiger partial charge in [0.2, 0.25) is 5.91 Å². The highest BCUT2D eigenvalue weighted by atomic mass is 16.5. The Morgan fingerprint density at radius 2 is 1.65 bits per heavy atom. The first-order valence-corrected chi connectivity index (χ1v) is 8.38. The summed E-state index contributed by atoms with van der Waals surface area (Å²) in [5, 5.41) is 5.49. The van der Waals surface area contributed by atoms with E-state index in [4.69, 9.17) is 4.74 Å². The van der Waals surface area contributed by atoms with Crippen LogP contribution in [0.1, 0.15) is 23.2 Å². The standard InChI is InChI=1S/C18H21N5O3/c1-12-19-16(11-17(20-12)23-7-9-26-10-8-23)18(25)22-15-5-3-14(4-6-15)21-13(2)24/h3-6,11H,7-10H2,1-2H3,(H,21,24)(H,22,25). The first-order valence-electron chi connectivity index (χ1n) is 8.38. The maximum absolute atomic E-state index is 12.5. The van der Waals surface area contributed by atoms with Crippen LogP contribution in [-0.2, 0) is 9.53 Å². The Labute approximate surface area is 151 Å². The van der Waals surface area contributed by atoms with Gasteiger partial charge in [0.25, 0.3) is 5.91 Å². The number of anilines is 3. The van der Waals surface area contributed by atoms with Crippen LogP contribution in [0.4, 0.5) is 17.2 Å². The molecule has 8 nitrogen and oxygen atoms in total. The van der Waals surface area contributed by atoms with Gasteiger partial charge in [0.1, 0.15) is 17.3 Å². The van der Waals surface area contributed by atoms with Gasteiger partial charge in [0.05, 0.1) is 13.2 Å². The molecule has 8 heteroatoms. The number of hydrogen-bond donors (Lipinski definition) is 2. The summed E-state index contributed by atoms with van der Waals surface area (Å²) in [7, 11) is 0. The first-order chi connectivity index (χ1) is 12.5. The van der Waals surface area contributed by atoms with Crippen molar-refractivity contribution in [1.29, 1.82) is 0 Å². The van der Waals surface area contributed by atoms with Gasteiger partial charge in [-0.3, -0.25) is 9.59 Å². The number of nitrogens with one attached hydrogen (secondary N) is 2. The zero-order chi connectivity index (χ0) is 18.5. The van der Waals surface area contributed by atoms with Gasteiger partial charge in [-0.2, -0.15) is 0 Å². The Bertz CT molecular complexity index is 801. The first kappa shape index (κ1) is 17.8. The largest absolute Gasteiger partial charge is 0.378 e. The van der Waals surface area contributed by atoms with E-state index in [1.54, 1.807) is 37.3 Å². The SMILES string of the molecule is CC(=O)Nc1ccc(NC(=O)c2cc(N3CCOCC3)nc(C)n2)cc1. The van der Waals surface area contributed by atoms with Gasteiger partial charge in [0, 0.05) is 37.5 Å². The topological polar surface area (TPSA) is 96.5 Å². The van der Waals surface area contributed by atoms with Crippen LogP contribution in [0.2, 0.25) is 0 Å². The summed E-state index contributed by atoms with van der Waals surface area (Å²) in [6.45, 7) is 5.98. The fourth-order valence-corrected chi connectivity index (χ4v) is 2.66. The van der Waals surface area contributed by atoms with E-state index in [0.29, 0.717) is 36.1 Å². The Balaban J connectivity index is 1.72. The fraction of sp³-hybridized carbons (Fsp3) is 0.333. The third-order valence-electron chi connectivity index (χ3n) is 3.86. The molecule has 0 saturated carbocycles. The van der Waals surface area contributed by atoms with E-state index in [-0.39, 0.29) is 11.8 Å². The highest BCUT2D eigenvalue weighted by Gasteiger charge is 2.17. The number of aromatic nitrogens is 2. The molecule has 26 heavy (non-hydrogen) atoms. The number of ether oxygens (including phenoxy) is 1. The molecule has 0 unspecified atom stereocenters. The predicted octanol–water partition coefficient (Wildman–Crippen LogP) is 1.83. The van der Waals surface area contributed by atoms with Crippen molar-refractivity contribution < 1.29 is 14.3 Å². The number of amides is 2. The number of nitrogens with zero attached hydrogens (tertiary/aromatic N) is 3. The molecule has 3 rings (SSSR count). The Hall–Kier alpha value is -3.00. The van der Waals surface area contributed by atoms with E-state index >= 15 is 0 Å². The molecule has 2 N–H and O–H groups in total. The summed E-state index contributed by atoms with van der Waals surface area (Å²) >= 11 is 0. The number of carbonyl (C=O) groups is 2. The number of benzene rings is 1. The molecule has 2 heterocycles. The zero-order valence-corrected chi connectivity index (χ0v) is 14.8. The molecule has 1 aliphatic rings. The summed E-state index contributed by atoms with van der Waals surface area (Å²) in [5.41, 5.74) is 1.60. The number of rotatable bonds is 4. The van der Waals surface area contributed by atoms with Crippen molar-refractivity contribution in [2.45, 2.75) is 13.8 Å². The molecular formula is C18H21N5O3. The van der Waals surface area contributed by atoms with Crippen LogP contribution in [0.5, 0.6) is 0 Å². The lowest BCUT2D eigenvalue weighted by atomic mass is 10.2. The van der Waals surface area contributed by atoms with E-state index in [2.05, 4.69) is 25.5 Å². The van der Waals surface area contributed by atoms with Gasteiger partial charge >= 0.3 is 0 Å². The molecule has 1 aromatic carbocycles. The molecular weight excluding hydrogens is 334 g/mol. The summed E-state index contributed by atoms with van der Waals surface area (Å²) in [4.78, 5) is 34.3. The second-order valence-electron chi connectivity index (χ2n) is 5.97. The van der Waals surface area contributed by atoms with Gasteiger partial charge in [-0.25, -0.2) is 9.97 Å². The van der Waals surface area contributed by atoms with E-state index in [1.165, 1.54) is 6.92 Å². The Kier molecular flexibility index (Phi) is 5.43. The molecule has 1 fully saturated rings. The number of carbonyl (C=O) groups excluding carboxylic acids is 2. The fourth-order valence-electron chi connectivity index (χ4n) is 2.66. The molecule has 0 atom stereocenters. The van der Waals surface area contributed by atoms with Crippen molar-refractivity contribution in [3.8, 4) is 0 Å². The molecule has 1 aliphatic heterocycles. The quantitative estimate of drug-likeness (QED) is 0.869. The lowest BCUT2D eigenvalue weighted by Gasteiger charge is -2.28. The van der Waals surface area contributed by atoms with Gasteiger partial charge < -0.3 is 20.3 Å². The summed E-state index contributed by atoms with van der Waals surface area (Å²) in [6.07, 6.45) is 0. The molecule has 0 radical (unpaired) electrons. The minimum absolute atomic E-state index is 0.145. The van der Waals surface area contributed by atoms with Crippen molar-refractivity contribution in [1.82, 2.24) is 9.97 Å². The van der Waals surface area contributed by atoms with Gasteiger partial charge in [-0.05, 0) is 31.2 Å². The van der Waals surface area contributed by atoms with Crippen LogP contribution in [-0.4, -0.2) is 48.1 Å². The van der Waals surface area contributed by atoms with Crippen LogP contribution in [0.3, 0.4) is 0 Å². The smallest absolute Gasteiger partial charge is 0.274 e. The lowest BCUT2D eigenvalue weighted by Crippen LogP contribution is -2.37. The maximum Gasteiger partial charge on any atom is 0.274 e. The monoisotopic (exact) mass is 355 g/mol. The van der Waals surface area contributed by atoms with E-state index in [9.17, 15) is 9.59 Å². The molecule has 1 saturated heterocycles. The number of aryl methyl sites for hydroxylation is 1. The summed E-state index contributed by atoms with van der Waals surface area (Å²) in [5.74, 6) is 0.818. The van der Waals surface area contributed by atoms with Crippen LogP contribution in [0.25, 0.3) is 0 Å². The van der Waals surface area contributed by atoms with Gasteiger partial charge in [-0.15, -0.1) is 0 Å². The van der Waals surface area contributed by atoms with E-state index < -0.39 is 0 Å². The lowest BCUT2D eigenvalue weighted by molar-refractivity contribution is -0.114. The van der Waals surface area contributed by atoms with E-state index in [0.717, 1.165) is 18.9 Å². The van der Waals surface area contributed by atoms with Crippen molar-refractivity contribution in [2.75, 3.05) is 41.8 Å². The average molecular weight is 355 g/mol. The molecule has 0 bridgehead atoms. The second-order valence-corrected chi connectivity index (χ2v) is 5.97. The van der Waals surface area contributed by atoms with Crippen LogP contribution >= 0.6 is 0 Å². The molecule has 2 amide bonds. The van der Waals surface area contributed by atoms with Crippen molar-refractivity contribution >= 4 is 29.0 Å². The third kappa shape index (κ3) is 4.54. The zero-order valence-electron chi connectivity index (χ0n) is 14.8. The maximum atomic E-state index is 12.5. The van der Waals surface area contributed by atoms with Crippen molar-refractivity contribution in [3.63, 3.8) is 0 Å². The minimum atomic E-state index is -0.308. The second kappa shape index (κ2) is 7.92. The van der Waals surface area contributed by atoms with Gasteiger partial charge in [-0.1, -0.05) is 0 Å². The van der Waals surface area contributed by atoms with Crippen LogP contribution in [0, 0.1) is 6.92 Å². The average Bonchev–Trinajstić information content (AvgIpc) is 2.63. The summed E-state index contributed by atoms with van der Waals surface area (Å²) in [6, 6.07) is 8.59. The summed E-state index contributed by atoms with van der Waals surface area (Å²) < 4.78 is 5.35. The van der Waals surface area contributed by atoms with Gasteiger partial charge in [0.15, 0.2) is 0 Å². The molecule has 2 aromatic rings. The highest BCUT2D eigenvalue weighted by molar-refractivity contribution is 6.03.